The van der Waals surface area contributed by atoms with Crippen molar-refractivity contribution < 1.29 is 4.43 Å². The highest BCUT2D eigenvalue weighted by Crippen LogP contribution is 2.42. The molecule has 116 valence electrons. The van der Waals surface area contributed by atoms with E-state index in [1.165, 1.54) is 0 Å². The molecule has 5 heteroatoms. The van der Waals surface area contributed by atoms with Gasteiger partial charge in [0.1, 0.15) is 4.60 Å². The highest BCUT2D eigenvalue weighted by atomic mass is 79.9. The second-order valence-electron chi connectivity index (χ2n) is 7.38. The minimum Gasteiger partial charge on any atom is -0.414 e. The summed E-state index contributed by atoms with van der Waals surface area (Å²) in [6.45, 7) is 11.5. The predicted octanol–water partition coefficient (Wildman–Crippen LogP) is 5.36. The van der Waals surface area contributed by atoms with Crippen molar-refractivity contribution in [3.8, 4) is 0 Å². The number of nitrogens with zero attached hydrogens (tertiary/aromatic N) is 1. The lowest BCUT2D eigenvalue weighted by Crippen LogP contribution is -2.48. The smallest absolute Gasteiger partial charge is 0.192 e. The van der Waals surface area contributed by atoms with Crippen LogP contribution in [0.25, 0.3) is 0 Å². The van der Waals surface area contributed by atoms with Gasteiger partial charge in [-0.05, 0) is 59.0 Å². The quantitative estimate of drug-likeness (QED) is 0.301. The molecule has 0 spiro atoms. The first kappa shape index (κ1) is 17.3. The van der Waals surface area contributed by atoms with Crippen LogP contribution in [0.1, 0.15) is 39.3 Å². The number of aromatic nitrogens is 1. The molecule has 1 saturated carbocycles. The fraction of sp³-hybridized carbons (Fsp3) is 0.625. The molecular weight excluding hydrogens is 362 g/mol. The summed E-state index contributed by atoms with van der Waals surface area (Å²) in [5.74, 6) is 0.441. The Kier molecular flexibility index (Phi) is 5.08. The van der Waals surface area contributed by atoms with Gasteiger partial charge < -0.3 is 4.43 Å². The highest BCUT2D eigenvalue weighted by molar-refractivity contribution is 9.10. The summed E-state index contributed by atoms with van der Waals surface area (Å²) in [7, 11) is -1.66. The molecule has 1 aliphatic rings. The third-order valence-electron chi connectivity index (χ3n) is 4.70. The molecule has 21 heavy (non-hydrogen) atoms. The number of pyridine rings is 1. The van der Waals surface area contributed by atoms with Crippen LogP contribution >= 0.6 is 28.1 Å². The van der Waals surface area contributed by atoms with E-state index in [4.69, 9.17) is 16.6 Å². The third kappa shape index (κ3) is 4.00. The van der Waals surface area contributed by atoms with E-state index >= 15 is 0 Å². The van der Waals surface area contributed by atoms with Gasteiger partial charge in [-0.3, -0.25) is 0 Å². The minimum absolute atomic E-state index is 0.268. The molecule has 1 aromatic rings. The van der Waals surface area contributed by atoms with Gasteiger partial charge in [-0.25, -0.2) is 4.98 Å². The molecule has 0 bridgehead atoms. The molecule has 0 saturated heterocycles. The molecule has 0 aliphatic heterocycles. The van der Waals surface area contributed by atoms with Crippen LogP contribution in [-0.4, -0.2) is 24.3 Å². The van der Waals surface area contributed by atoms with Crippen molar-refractivity contribution in [3.63, 3.8) is 0 Å². The van der Waals surface area contributed by atoms with E-state index in [1.807, 2.05) is 18.2 Å². The Hall–Kier alpha value is -0.103. The maximum atomic E-state index is 6.43. The lowest BCUT2D eigenvalue weighted by atomic mass is 9.79. The van der Waals surface area contributed by atoms with Gasteiger partial charge in [0.25, 0.3) is 0 Å². The summed E-state index contributed by atoms with van der Waals surface area (Å²) >= 11 is 9.00. The molecule has 0 radical (unpaired) electrons. The van der Waals surface area contributed by atoms with Crippen LogP contribution in [0.4, 0.5) is 0 Å². The molecule has 0 amide bonds. The van der Waals surface area contributed by atoms with Gasteiger partial charge in [0, 0.05) is 16.9 Å². The topological polar surface area (TPSA) is 22.1 Å². The van der Waals surface area contributed by atoms with E-state index in [0.29, 0.717) is 12.0 Å². The molecule has 2 rings (SSSR count). The van der Waals surface area contributed by atoms with Crippen molar-refractivity contribution >= 4 is 41.3 Å². The van der Waals surface area contributed by atoms with E-state index in [0.717, 1.165) is 28.0 Å². The maximum Gasteiger partial charge on any atom is 0.192 e. The second kappa shape index (κ2) is 6.18. The summed E-state index contributed by atoms with van der Waals surface area (Å²) in [5, 5.41) is 0.268. The molecule has 0 unspecified atom stereocenters. The van der Waals surface area contributed by atoms with E-state index in [2.05, 4.69) is 54.8 Å². The molecule has 1 fully saturated rings. The summed E-state index contributed by atoms with van der Waals surface area (Å²) in [5.41, 5.74) is 0.926. The third-order valence-corrected chi connectivity index (χ3v) is 10.2. The second-order valence-corrected chi connectivity index (χ2v) is 13.4. The van der Waals surface area contributed by atoms with Crippen LogP contribution in [0.15, 0.2) is 22.8 Å². The zero-order valence-electron chi connectivity index (χ0n) is 13.4. The Labute approximate surface area is 143 Å². The first-order valence-corrected chi connectivity index (χ1v) is 11.6. The minimum atomic E-state index is -1.66. The standard InChI is InChI=1S/C16H24BrNOSSi/c1-16(2,3)21(4,5)19-12-9-11(10-12)15(20)13-7-6-8-14(17)18-13/h6-8,11-12H,9-10H2,1-5H3. The normalized spacial score (nSPS) is 22.8. The maximum absolute atomic E-state index is 6.43. The zero-order chi connectivity index (χ0) is 15.8. The average Bonchev–Trinajstić information content (AvgIpc) is 2.31. The van der Waals surface area contributed by atoms with Crippen LogP contribution in [-0.2, 0) is 4.43 Å². The van der Waals surface area contributed by atoms with E-state index in [-0.39, 0.29) is 5.04 Å². The molecule has 1 aliphatic carbocycles. The Morgan fingerprint density at radius 2 is 1.95 bits per heavy atom. The van der Waals surface area contributed by atoms with Crippen molar-refractivity contribution in [2.24, 2.45) is 5.92 Å². The van der Waals surface area contributed by atoms with Crippen molar-refractivity contribution in [1.82, 2.24) is 4.98 Å². The van der Waals surface area contributed by atoms with Crippen molar-refractivity contribution in [3.05, 3.63) is 28.5 Å². The monoisotopic (exact) mass is 385 g/mol. The van der Waals surface area contributed by atoms with Crippen molar-refractivity contribution in [2.75, 3.05) is 0 Å². The largest absolute Gasteiger partial charge is 0.414 e. The number of halogens is 1. The molecule has 1 heterocycles. The number of hydrogen-bond donors (Lipinski definition) is 0. The summed E-state index contributed by atoms with van der Waals surface area (Å²) in [4.78, 5) is 5.44. The number of thiocarbonyl (C=S) groups is 1. The van der Waals surface area contributed by atoms with E-state index in [1.54, 1.807) is 0 Å². The van der Waals surface area contributed by atoms with Crippen LogP contribution in [0, 0.1) is 5.92 Å². The zero-order valence-corrected chi connectivity index (χ0v) is 16.8. The fourth-order valence-electron chi connectivity index (χ4n) is 2.22. The Bertz CT molecular complexity index is 535. The molecule has 1 aromatic heterocycles. The van der Waals surface area contributed by atoms with Gasteiger partial charge in [0.2, 0.25) is 0 Å². The first-order chi connectivity index (χ1) is 9.60. The lowest BCUT2D eigenvalue weighted by molar-refractivity contribution is 0.0808. The lowest BCUT2D eigenvalue weighted by Gasteiger charge is -2.45. The van der Waals surface area contributed by atoms with Gasteiger partial charge in [-0.2, -0.15) is 0 Å². The molecule has 0 N–H and O–H groups in total. The molecular formula is C16H24BrNOSSi. The average molecular weight is 386 g/mol. The van der Waals surface area contributed by atoms with Gasteiger partial charge in [-0.15, -0.1) is 0 Å². The van der Waals surface area contributed by atoms with Gasteiger partial charge in [-0.1, -0.05) is 39.1 Å². The van der Waals surface area contributed by atoms with Crippen LogP contribution < -0.4 is 0 Å². The Morgan fingerprint density at radius 1 is 1.33 bits per heavy atom. The van der Waals surface area contributed by atoms with Crippen molar-refractivity contribution in [1.29, 1.82) is 0 Å². The van der Waals surface area contributed by atoms with E-state index in [9.17, 15) is 0 Å². The van der Waals surface area contributed by atoms with Crippen LogP contribution in [0.3, 0.4) is 0 Å². The SMILES string of the molecule is CC(C)(C)[Si](C)(C)OC1CC(C(=S)c2cccc(Br)n2)C1. The number of rotatable bonds is 4. The van der Waals surface area contributed by atoms with Crippen LogP contribution in [0.2, 0.25) is 18.1 Å². The van der Waals surface area contributed by atoms with Gasteiger partial charge in [0.05, 0.1) is 5.69 Å². The van der Waals surface area contributed by atoms with Gasteiger partial charge in [0.15, 0.2) is 8.32 Å². The Morgan fingerprint density at radius 3 is 2.48 bits per heavy atom. The van der Waals surface area contributed by atoms with Gasteiger partial charge >= 0.3 is 0 Å². The number of hydrogen-bond acceptors (Lipinski definition) is 3. The predicted molar refractivity (Wildman–Crippen MR) is 98.4 cm³/mol. The summed E-state index contributed by atoms with van der Waals surface area (Å²) in [6, 6.07) is 5.91. The summed E-state index contributed by atoms with van der Waals surface area (Å²) in [6.07, 6.45) is 2.46. The summed E-state index contributed by atoms with van der Waals surface area (Å²) < 4.78 is 7.27. The molecule has 2 nitrogen and oxygen atoms in total. The van der Waals surface area contributed by atoms with Crippen LogP contribution in [0.5, 0.6) is 0 Å². The fourth-order valence-corrected chi connectivity index (χ4v) is 4.25. The highest BCUT2D eigenvalue weighted by Gasteiger charge is 2.43. The van der Waals surface area contributed by atoms with E-state index < -0.39 is 8.32 Å². The molecule has 0 atom stereocenters. The Balaban J connectivity index is 1.91. The first-order valence-electron chi connectivity index (χ1n) is 7.45. The van der Waals surface area contributed by atoms with Crippen molar-refractivity contribution in [2.45, 2.75) is 57.8 Å². The molecule has 0 aromatic carbocycles.